The van der Waals surface area contributed by atoms with Crippen LogP contribution in [0.25, 0.3) is 11.1 Å². The van der Waals surface area contributed by atoms with E-state index in [-0.39, 0.29) is 24.8 Å². The van der Waals surface area contributed by atoms with Gasteiger partial charge in [-0.05, 0) is 34.4 Å². The molecule has 0 saturated heterocycles. The maximum Gasteiger partial charge on any atom is 0.414 e. The van der Waals surface area contributed by atoms with Gasteiger partial charge in [0.25, 0.3) is 5.69 Å². The fourth-order valence-electron chi connectivity index (χ4n) is 4.65. The molecule has 7 nitrogen and oxygen atoms in total. The van der Waals surface area contributed by atoms with Gasteiger partial charge < -0.3 is 10.5 Å². The molecule has 0 heterocycles. The van der Waals surface area contributed by atoms with E-state index in [2.05, 4.69) is 12.1 Å². The lowest BCUT2D eigenvalue weighted by Gasteiger charge is -2.25. The van der Waals surface area contributed by atoms with Crippen LogP contribution in [-0.2, 0) is 11.3 Å². The molecule has 0 spiro atoms. The number of hydrogen-bond acceptors (Lipinski definition) is 5. The van der Waals surface area contributed by atoms with Crippen molar-refractivity contribution in [2.75, 3.05) is 17.2 Å². The van der Waals surface area contributed by atoms with Crippen LogP contribution in [0.1, 0.15) is 22.6 Å². The number of nitro groups is 1. The fraction of sp³-hybridized carbons (Fsp3) is 0.107. The molecule has 1 aliphatic carbocycles. The Balaban J connectivity index is 1.44. The maximum atomic E-state index is 13.4. The third kappa shape index (κ3) is 4.19. The van der Waals surface area contributed by atoms with Gasteiger partial charge in [0, 0.05) is 17.5 Å². The second-order valence-electron chi connectivity index (χ2n) is 8.33. The second kappa shape index (κ2) is 9.30. The van der Waals surface area contributed by atoms with Gasteiger partial charge in [0.1, 0.15) is 6.61 Å². The molecule has 0 radical (unpaired) electrons. The minimum Gasteiger partial charge on any atom is -0.448 e. The quantitative estimate of drug-likeness (QED) is 0.210. The summed E-state index contributed by atoms with van der Waals surface area (Å²) in [6, 6.07) is 29.4. The lowest BCUT2D eigenvalue weighted by atomic mass is 9.98. The van der Waals surface area contributed by atoms with Gasteiger partial charge in [-0.1, -0.05) is 78.9 Å². The molecule has 1 aliphatic rings. The van der Waals surface area contributed by atoms with E-state index in [9.17, 15) is 14.9 Å². The minimum absolute atomic E-state index is 0.0535. The van der Waals surface area contributed by atoms with Crippen molar-refractivity contribution in [1.82, 2.24) is 0 Å². The average molecular weight is 466 g/mol. The van der Waals surface area contributed by atoms with Crippen molar-refractivity contribution >= 4 is 23.2 Å². The van der Waals surface area contributed by atoms with Crippen LogP contribution in [0, 0.1) is 10.1 Å². The van der Waals surface area contributed by atoms with Gasteiger partial charge >= 0.3 is 6.09 Å². The van der Waals surface area contributed by atoms with Crippen molar-refractivity contribution in [1.29, 1.82) is 0 Å². The van der Waals surface area contributed by atoms with Crippen LogP contribution in [0.3, 0.4) is 0 Å². The molecule has 4 aromatic carbocycles. The number of amides is 1. The topological polar surface area (TPSA) is 98.7 Å². The lowest BCUT2D eigenvalue weighted by molar-refractivity contribution is -0.385. The highest BCUT2D eigenvalue weighted by Crippen LogP contribution is 2.44. The number of nitrogens with two attached hydrogens (primary N) is 1. The second-order valence-corrected chi connectivity index (χ2v) is 8.33. The smallest absolute Gasteiger partial charge is 0.414 e. The van der Waals surface area contributed by atoms with E-state index in [1.54, 1.807) is 42.5 Å². The summed E-state index contributed by atoms with van der Waals surface area (Å²) in [4.78, 5) is 25.9. The number of rotatable bonds is 6. The van der Waals surface area contributed by atoms with Crippen molar-refractivity contribution < 1.29 is 14.5 Å². The third-order valence-electron chi connectivity index (χ3n) is 6.30. The Morgan fingerprint density at radius 3 is 2.09 bits per heavy atom. The Morgan fingerprint density at radius 1 is 0.857 bits per heavy atom. The number of anilines is 2. The summed E-state index contributed by atoms with van der Waals surface area (Å²) in [6.45, 7) is 0.0784. The van der Waals surface area contributed by atoms with Crippen LogP contribution in [-0.4, -0.2) is 17.6 Å². The first-order chi connectivity index (χ1) is 17.0. The molecule has 7 heteroatoms. The molecule has 0 aliphatic heterocycles. The summed E-state index contributed by atoms with van der Waals surface area (Å²) in [5, 5.41) is 11.6. The molecular weight excluding hydrogens is 442 g/mol. The van der Waals surface area contributed by atoms with Crippen LogP contribution in [0.4, 0.5) is 21.9 Å². The number of benzene rings is 4. The van der Waals surface area contributed by atoms with E-state index in [1.165, 1.54) is 11.0 Å². The van der Waals surface area contributed by atoms with Gasteiger partial charge in [0.2, 0.25) is 0 Å². The number of nitro benzene ring substituents is 1. The molecule has 35 heavy (non-hydrogen) atoms. The summed E-state index contributed by atoms with van der Waals surface area (Å²) >= 11 is 0. The Labute approximate surface area is 202 Å². The molecule has 4 aromatic rings. The standard InChI is InChI=1S/C28H23N3O4/c29-25-14-6-8-16-27(25)30(17-19-9-1-7-15-26(19)31(33)34)28(32)35-18-24-22-12-4-2-10-20(22)21-11-3-5-13-23(21)24/h1-16,24H,17-18,29H2. The monoisotopic (exact) mass is 465 g/mol. The molecule has 0 fully saturated rings. The predicted molar refractivity (Wildman–Crippen MR) is 135 cm³/mol. The fourth-order valence-corrected chi connectivity index (χ4v) is 4.65. The van der Waals surface area contributed by atoms with Gasteiger partial charge in [-0.2, -0.15) is 0 Å². The summed E-state index contributed by atoms with van der Waals surface area (Å²) in [5.41, 5.74) is 11.8. The van der Waals surface area contributed by atoms with Crippen molar-refractivity contribution in [2.45, 2.75) is 12.5 Å². The molecule has 5 rings (SSSR count). The highest BCUT2D eigenvalue weighted by atomic mass is 16.6. The first-order valence-corrected chi connectivity index (χ1v) is 11.2. The highest BCUT2D eigenvalue weighted by Gasteiger charge is 2.30. The Bertz CT molecular complexity index is 1370. The van der Waals surface area contributed by atoms with Crippen molar-refractivity contribution in [3.8, 4) is 11.1 Å². The molecule has 174 valence electrons. The zero-order valence-corrected chi connectivity index (χ0v) is 18.8. The van der Waals surface area contributed by atoms with E-state index in [0.29, 0.717) is 16.9 Å². The van der Waals surface area contributed by atoms with Gasteiger partial charge in [0.15, 0.2) is 0 Å². The number of carbonyl (C=O) groups excluding carboxylic acids is 1. The maximum absolute atomic E-state index is 13.4. The zero-order chi connectivity index (χ0) is 24.4. The van der Waals surface area contributed by atoms with Gasteiger partial charge in [0.05, 0.1) is 22.8 Å². The van der Waals surface area contributed by atoms with E-state index in [0.717, 1.165) is 22.3 Å². The molecule has 1 amide bonds. The van der Waals surface area contributed by atoms with Gasteiger partial charge in [-0.3, -0.25) is 15.0 Å². The van der Waals surface area contributed by atoms with Crippen LogP contribution in [0.2, 0.25) is 0 Å². The number of hydrogen-bond donors (Lipinski definition) is 1. The normalized spacial score (nSPS) is 12.0. The molecule has 2 N–H and O–H groups in total. The molecule has 0 unspecified atom stereocenters. The molecule has 0 bridgehead atoms. The van der Waals surface area contributed by atoms with E-state index >= 15 is 0 Å². The van der Waals surface area contributed by atoms with Crippen molar-refractivity contribution in [3.05, 3.63) is 124 Å². The number of para-hydroxylation sites is 3. The van der Waals surface area contributed by atoms with E-state index in [4.69, 9.17) is 10.5 Å². The summed E-state index contributed by atoms with van der Waals surface area (Å²) in [5.74, 6) is -0.104. The highest BCUT2D eigenvalue weighted by molar-refractivity contribution is 5.92. The third-order valence-corrected chi connectivity index (χ3v) is 6.30. The SMILES string of the molecule is Nc1ccccc1N(Cc1ccccc1[N+](=O)[O-])C(=O)OCC1c2ccccc2-c2ccccc21. The van der Waals surface area contributed by atoms with Crippen molar-refractivity contribution in [3.63, 3.8) is 0 Å². The first-order valence-electron chi connectivity index (χ1n) is 11.2. The minimum atomic E-state index is -0.622. The van der Waals surface area contributed by atoms with Crippen LogP contribution in [0.15, 0.2) is 97.1 Å². The lowest BCUT2D eigenvalue weighted by Crippen LogP contribution is -2.33. The number of ether oxygens (including phenoxy) is 1. The Kier molecular flexibility index (Phi) is 5.89. The van der Waals surface area contributed by atoms with Gasteiger partial charge in [-0.15, -0.1) is 0 Å². The zero-order valence-electron chi connectivity index (χ0n) is 18.8. The number of fused-ring (bicyclic) bond motifs is 3. The van der Waals surface area contributed by atoms with Gasteiger partial charge in [-0.25, -0.2) is 4.79 Å². The molecule has 0 saturated carbocycles. The summed E-state index contributed by atoms with van der Waals surface area (Å²) < 4.78 is 5.85. The molecular formula is C28H23N3O4. The number of carbonyl (C=O) groups is 1. The van der Waals surface area contributed by atoms with Crippen LogP contribution < -0.4 is 10.6 Å². The largest absolute Gasteiger partial charge is 0.448 e. The summed E-state index contributed by atoms with van der Waals surface area (Å²) in [6.07, 6.45) is -0.622. The van der Waals surface area contributed by atoms with E-state index < -0.39 is 11.0 Å². The average Bonchev–Trinajstić information content (AvgIpc) is 3.20. The van der Waals surface area contributed by atoms with E-state index in [1.807, 2.05) is 36.4 Å². The summed E-state index contributed by atoms with van der Waals surface area (Å²) in [7, 11) is 0. The molecule has 0 aromatic heterocycles. The van der Waals surface area contributed by atoms with Crippen molar-refractivity contribution in [2.24, 2.45) is 0 Å². The van der Waals surface area contributed by atoms with Crippen LogP contribution in [0.5, 0.6) is 0 Å². The Morgan fingerprint density at radius 2 is 1.43 bits per heavy atom. The molecule has 0 atom stereocenters. The number of nitrogens with zero attached hydrogens (tertiary/aromatic N) is 2. The predicted octanol–water partition coefficient (Wildman–Crippen LogP) is 6.13. The Hall–Kier alpha value is -4.65. The first kappa shape index (κ1) is 22.2. The van der Waals surface area contributed by atoms with Crippen LogP contribution >= 0.6 is 0 Å². The number of nitrogen functional groups attached to an aromatic ring is 1.